The van der Waals surface area contributed by atoms with Gasteiger partial charge in [-0.2, -0.15) is 11.8 Å². The van der Waals surface area contributed by atoms with Crippen LogP contribution in [0, 0.1) is 0 Å². The Morgan fingerprint density at radius 1 is 1.18 bits per heavy atom. The van der Waals surface area contributed by atoms with Crippen molar-refractivity contribution >= 4 is 29.0 Å². The summed E-state index contributed by atoms with van der Waals surface area (Å²) in [6.45, 7) is 0.863. The van der Waals surface area contributed by atoms with Gasteiger partial charge in [-0.1, -0.05) is 6.07 Å². The second-order valence-electron chi connectivity index (χ2n) is 6.77. The average Bonchev–Trinajstić information content (AvgIpc) is 3.45. The molecule has 5 rings (SSSR count). The lowest BCUT2D eigenvalue weighted by Crippen LogP contribution is -2.27. The zero-order valence-corrected chi connectivity index (χ0v) is 16.9. The number of hydrogen-bond acceptors (Lipinski definition) is 5. The van der Waals surface area contributed by atoms with Gasteiger partial charge in [0.05, 0.1) is 5.56 Å². The maximum absolute atomic E-state index is 13.1. The van der Waals surface area contributed by atoms with Crippen LogP contribution < -0.4 is 14.8 Å². The fourth-order valence-electron chi connectivity index (χ4n) is 3.61. The van der Waals surface area contributed by atoms with Gasteiger partial charge in [-0.15, -0.1) is 11.3 Å². The van der Waals surface area contributed by atoms with Crippen LogP contribution in [-0.2, 0) is 18.6 Å². The maximum Gasteiger partial charge on any atom is 0.254 e. The third kappa shape index (κ3) is 3.29. The molecule has 1 aromatic carbocycles. The highest BCUT2D eigenvalue weighted by atomic mass is 32.2. The Kier molecular flexibility index (Phi) is 4.78. The summed E-state index contributed by atoms with van der Waals surface area (Å²) in [5, 5.41) is 4.16. The molecular weight excluding hydrogens is 392 g/mol. The third-order valence-electron chi connectivity index (χ3n) is 5.00. The molecule has 28 heavy (non-hydrogen) atoms. The fourth-order valence-corrected chi connectivity index (χ4v) is 6.05. The van der Waals surface area contributed by atoms with Crippen LogP contribution in [0.4, 0.5) is 0 Å². The minimum Gasteiger partial charge on any atom is -0.454 e. The van der Waals surface area contributed by atoms with Crippen LogP contribution in [0.25, 0.3) is 5.00 Å². The van der Waals surface area contributed by atoms with Crippen LogP contribution in [0.2, 0.25) is 0 Å². The average molecular weight is 413 g/mol. The zero-order chi connectivity index (χ0) is 18.9. The Morgan fingerprint density at radius 3 is 2.93 bits per heavy atom. The number of carbonyl (C=O) groups is 1. The van der Waals surface area contributed by atoms with Crippen LogP contribution >= 0.6 is 23.1 Å². The quantitative estimate of drug-likeness (QED) is 0.688. The molecule has 7 heteroatoms. The van der Waals surface area contributed by atoms with Crippen molar-refractivity contribution in [1.82, 2.24) is 9.88 Å². The van der Waals surface area contributed by atoms with Crippen LogP contribution in [0.3, 0.4) is 0 Å². The molecule has 4 heterocycles. The van der Waals surface area contributed by atoms with E-state index >= 15 is 0 Å². The normalized spacial score (nSPS) is 14.7. The van der Waals surface area contributed by atoms with Crippen molar-refractivity contribution in [1.29, 1.82) is 0 Å². The zero-order valence-electron chi connectivity index (χ0n) is 15.3. The molecule has 0 radical (unpaired) electrons. The largest absolute Gasteiger partial charge is 0.454 e. The lowest BCUT2D eigenvalue weighted by molar-refractivity contribution is 0.0953. The molecule has 0 unspecified atom stereocenters. The summed E-state index contributed by atoms with van der Waals surface area (Å²) < 4.78 is 12.8. The fraction of sp³-hybridized carbons (Fsp3) is 0.286. The van der Waals surface area contributed by atoms with E-state index < -0.39 is 0 Å². The lowest BCUT2D eigenvalue weighted by atomic mass is 10.1. The monoisotopic (exact) mass is 412 g/mol. The first kappa shape index (κ1) is 17.7. The smallest absolute Gasteiger partial charge is 0.254 e. The number of ether oxygens (including phenoxy) is 2. The molecule has 0 fully saturated rings. The molecule has 144 valence electrons. The number of fused-ring (bicyclic) bond motifs is 2. The molecule has 2 aliphatic rings. The van der Waals surface area contributed by atoms with E-state index in [1.165, 1.54) is 10.4 Å². The Balaban J connectivity index is 1.33. The first-order chi connectivity index (χ1) is 13.8. The molecule has 3 aromatic rings. The van der Waals surface area contributed by atoms with Crippen molar-refractivity contribution in [2.45, 2.75) is 18.6 Å². The molecule has 0 saturated carbocycles. The van der Waals surface area contributed by atoms with Crippen molar-refractivity contribution in [3.63, 3.8) is 0 Å². The highest BCUT2D eigenvalue weighted by Crippen LogP contribution is 2.38. The van der Waals surface area contributed by atoms with E-state index in [0.29, 0.717) is 6.54 Å². The Morgan fingerprint density at radius 2 is 2.04 bits per heavy atom. The SMILES string of the molecule is O=C(NCCc1ccc2c(c1)OCO2)c1c(-n2cccc2)sc2c1CCSC2. The summed E-state index contributed by atoms with van der Waals surface area (Å²) in [6, 6.07) is 9.93. The van der Waals surface area contributed by atoms with Crippen LogP contribution in [0.1, 0.15) is 26.4 Å². The van der Waals surface area contributed by atoms with Crippen molar-refractivity contribution in [2.24, 2.45) is 0 Å². The topological polar surface area (TPSA) is 52.5 Å². The second-order valence-corrected chi connectivity index (χ2v) is 8.96. The van der Waals surface area contributed by atoms with Gasteiger partial charge in [0.15, 0.2) is 11.5 Å². The van der Waals surface area contributed by atoms with E-state index in [0.717, 1.165) is 52.0 Å². The van der Waals surface area contributed by atoms with Gasteiger partial charge in [0.1, 0.15) is 5.00 Å². The predicted octanol–water partition coefficient (Wildman–Crippen LogP) is 4.03. The molecular formula is C21H20N2O3S2. The molecule has 0 bridgehead atoms. The molecule has 0 saturated heterocycles. The van der Waals surface area contributed by atoms with Crippen molar-refractivity contribution in [2.75, 3.05) is 19.1 Å². The third-order valence-corrected chi connectivity index (χ3v) is 7.42. The van der Waals surface area contributed by atoms with E-state index in [1.54, 1.807) is 11.3 Å². The number of nitrogens with one attached hydrogen (secondary N) is 1. The van der Waals surface area contributed by atoms with Gasteiger partial charge in [0, 0.05) is 29.6 Å². The first-order valence-corrected chi connectivity index (χ1v) is 11.3. The van der Waals surface area contributed by atoms with Gasteiger partial charge in [0.25, 0.3) is 5.91 Å². The summed E-state index contributed by atoms with van der Waals surface area (Å²) in [6.07, 6.45) is 5.73. The number of thiophene rings is 1. The van der Waals surface area contributed by atoms with Gasteiger partial charge in [-0.05, 0) is 54.0 Å². The first-order valence-electron chi connectivity index (χ1n) is 9.32. The summed E-state index contributed by atoms with van der Waals surface area (Å²) in [4.78, 5) is 14.4. The maximum atomic E-state index is 13.1. The number of benzene rings is 1. The molecule has 0 spiro atoms. The predicted molar refractivity (Wildman–Crippen MR) is 112 cm³/mol. The van der Waals surface area contributed by atoms with E-state index in [2.05, 4.69) is 9.88 Å². The lowest BCUT2D eigenvalue weighted by Gasteiger charge is -2.13. The Hall–Kier alpha value is -2.38. The molecule has 5 nitrogen and oxygen atoms in total. The van der Waals surface area contributed by atoms with Crippen molar-refractivity contribution < 1.29 is 14.3 Å². The number of nitrogens with zero attached hydrogens (tertiary/aromatic N) is 1. The molecule has 1 amide bonds. The van der Waals surface area contributed by atoms with E-state index in [9.17, 15) is 4.79 Å². The number of rotatable bonds is 5. The van der Waals surface area contributed by atoms with Crippen LogP contribution in [0.5, 0.6) is 11.5 Å². The highest BCUT2D eigenvalue weighted by Gasteiger charge is 2.26. The number of thioether (sulfide) groups is 1. The number of hydrogen-bond donors (Lipinski definition) is 1. The van der Waals surface area contributed by atoms with Crippen molar-refractivity contribution in [3.8, 4) is 16.5 Å². The molecule has 0 aliphatic carbocycles. The summed E-state index contributed by atoms with van der Waals surface area (Å²) in [5.74, 6) is 3.66. The summed E-state index contributed by atoms with van der Waals surface area (Å²) >= 11 is 3.68. The Bertz CT molecular complexity index is 1010. The number of carbonyl (C=O) groups excluding carboxylic acids is 1. The standard InChI is InChI=1S/C21H20N2O3S2/c24-20(22-7-5-14-3-4-16-17(11-14)26-13-25-16)19-15-6-10-27-12-18(15)28-21(19)23-8-1-2-9-23/h1-4,8-9,11H,5-7,10,12-13H2,(H,22,24). The van der Waals surface area contributed by atoms with Crippen LogP contribution in [0.15, 0.2) is 42.7 Å². The van der Waals surface area contributed by atoms with Gasteiger partial charge in [-0.3, -0.25) is 4.79 Å². The Labute approximate surface area is 171 Å². The second kappa shape index (κ2) is 7.56. The minimum atomic E-state index is 0.0221. The molecule has 1 N–H and O–H groups in total. The summed E-state index contributed by atoms with van der Waals surface area (Å²) in [7, 11) is 0. The van der Waals surface area contributed by atoms with Gasteiger partial charge < -0.3 is 19.4 Å². The van der Waals surface area contributed by atoms with Gasteiger partial charge in [-0.25, -0.2) is 0 Å². The highest BCUT2D eigenvalue weighted by molar-refractivity contribution is 7.98. The molecule has 2 aliphatic heterocycles. The summed E-state index contributed by atoms with van der Waals surface area (Å²) in [5.41, 5.74) is 3.20. The van der Waals surface area contributed by atoms with Crippen molar-refractivity contribution in [3.05, 3.63) is 64.3 Å². The number of aromatic nitrogens is 1. The van der Waals surface area contributed by atoms with Crippen LogP contribution in [-0.4, -0.2) is 29.6 Å². The van der Waals surface area contributed by atoms with Gasteiger partial charge >= 0.3 is 0 Å². The minimum absolute atomic E-state index is 0.0221. The molecule has 0 atom stereocenters. The van der Waals surface area contributed by atoms with E-state index in [-0.39, 0.29) is 12.7 Å². The number of amides is 1. The molecule has 2 aromatic heterocycles. The van der Waals surface area contributed by atoms with E-state index in [1.807, 2.05) is 54.5 Å². The van der Waals surface area contributed by atoms with Gasteiger partial charge in [0.2, 0.25) is 6.79 Å². The van der Waals surface area contributed by atoms with E-state index in [4.69, 9.17) is 9.47 Å².